The number of carbonyl (C=O) groups excluding carboxylic acids is 1. The lowest BCUT2D eigenvalue weighted by Gasteiger charge is -2.29. The van der Waals surface area contributed by atoms with Crippen LogP contribution < -0.4 is 9.62 Å². The highest BCUT2D eigenvalue weighted by Gasteiger charge is 2.41. The number of pyridine rings is 1. The van der Waals surface area contributed by atoms with Crippen molar-refractivity contribution in [3.05, 3.63) is 92.9 Å². The van der Waals surface area contributed by atoms with E-state index in [9.17, 15) is 13.2 Å². The van der Waals surface area contributed by atoms with Crippen molar-refractivity contribution in [2.45, 2.75) is 20.0 Å². The first kappa shape index (κ1) is 19.4. The Balaban J connectivity index is 1.67. The van der Waals surface area contributed by atoms with Crippen LogP contribution in [0.5, 0.6) is 0 Å². The summed E-state index contributed by atoms with van der Waals surface area (Å²) in [5.74, 6) is -0.478. The molecule has 0 saturated carbocycles. The van der Waals surface area contributed by atoms with Crippen LogP contribution in [0, 0.1) is 6.92 Å². The average Bonchev–Trinajstić information content (AvgIpc) is 3.20. The molecular weight excluding hydrogens is 406 g/mol. The highest BCUT2D eigenvalue weighted by Crippen LogP contribution is 2.39. The Bertz CT molecular complexity index is 1170. The van der Waals surface area contributed by atoms with E-state index >= 15 is 0 Å². The molecule has 0 aliphatic carbocycles. The zero-order valence-corrected chi connectivity index (χ0v) is 17.3. The quantitative estimate of drug-likeness (QED) is 0.632. The van der Waals surface area contributed by atoms with Gasteiger partial charge in [0.25, 0.3) is 10.0 Å². The van der Waals surface area contributed by atoms with Gasteiger partial charge in [0.15, 0.2) is 4.91 Å². The number of anilines is 1. The minimum atomic E-state index is -3.99. The van der Waals surface area contributed by atoms with Gasteiger partial charge in [-0.25, -0.2) is 8.42 Å². The molecule has 0 saturated heterocycles. The molecule has 0 unspecified atom stereocenters. The van der Waals surface area contributed by atoms with Crippen LogP contribution >= 0.6 is 11.3 Å². The van der Waals surface area contributed by atoms with E-state index in [1.54, 1.807) is 29.9 Å². The van der Waals surface area contributed by atoms with Crippen molar-refractivity contribution < 1.29 is 13.2 Å². The Morgan fingerprint density at radius 1 is 1.14 bits per heavy atom. The fourth-order valence-corrected chi connectivity index (χ4v) is 5.59. The molecule has 1 N–H and O–H groups in total. The fourth-order valence-electron chi connectivity index (χ4n) is 3.08. The van der Waals surface area contributed by atoms with Gasteiger partial charge in [0.05, 0.1) is 12.2 Å². The zero-order chi connectivity index (χ0) is 20.4. The van der Waals surface area contributed by atoms with E-state index in [1.165, 1.54) is 21.8 Å². The number of fused-ring (bicyclic) bond motifs is 1. The number of hydrogen-bond acceptors (Lipinski definition) is 6. The third kappa shape index (κ3) is 3.81. The first-order valence-electron chi connectivity index (χ1n) is 9.00. The lowest BCUT2D eigenvalue weighted by molar-refractivity contribution is 0.104. The summed E-state index contributed by atoms with van der Waals surface area (Å²) >= 11 is 1.25. The number of benzene rings is 1. The zero-order valence-electron chi connectivity index (χ0n) is 15.7. The van der Waals surface area contributed by atoms with Gasteiger partial charge >= 0.3 is 0 Å². The number of aryl methyl sites for hydroxylation is 1. The second-order valence-electron chi connectivity index (χ2n) is 6.71. The van der Waals surface area contributed by atoms with Crippen LogP contribution in [0.3, 0.4) is 0 Å². The highest BCUT2D eigenvalue weighted by molar-refractivity contribution is 7.97. The minimum absolute atomic E-state index is 0.166. The number of allylic oxidation sites excluding steroid dienone is 1. The standard InChI is InChI=1S/C21H19N3O3S2/c1-15-4-6-16(7-5-15)14-24-18-8-10-28-21(18)20(25)19(29(24,26)27)13-23-12-17-3-2-9-22-11-17/h2-11,13,23H,12,14H2,1H3/b19-13-. The summed E-state index contributed by atoms with van der Waals surface area (Å²) in [7, 11) is -3.99. The SMILES string of the molecule is Cc1ccc(CN2c3ccsc3C(=O)/C(=C/NCc3cccnc3)S2(=O)=O)cc1. The summed E-state index contributed by atoms with van der Waals surface area (Å²) in [6.07, 6.45) is 4.65. The fraction of sp³-hybridized carbons (Fsp3) is 0.143. The lowest BCUT2D eigenvalue weighted by Crippen LogP contribution is -2.38. The van der Waals surface area contributed by atoms with Crippen LogP contribution in [0.1, 0.15) is 26.4 Å². The number of aromatic nitrogens is 1. The van der Waals surface area contributed by atoms with Crippen molar-refractivity contribution in [2.24, 2.45) is 0 Å². The molecule has 29 heavy (non-hydrogen) atoms. The Hall–Kier alpha value is -2.97. The van der Waals surface area contributed by atoms with Crippen molar-refractivity contribution >= 4 is 32.8 Å². The number of carbonyl (C=O) groups is 1. The Labute approximate surface area is 173 Å². The number of ketones is 1. The number of sulfonamides is 1. The van der Waals surface area contributed by atoms with Crippen LogP contribution in [0.25, 0.3) is 0 Å². The van der Waals surface area contributed by atoms with Gasteiger partial charge in [0, 0.05) is 25.1 Å². The molecule has 0 bridgehead atoms. The number of hydrogen-bond donors (Lipinski definition) is 1. The summed E-state index contributed by atoms with van der Waals surface area (Å²) in [5.41, 5.74) is 3.28. The second-order valence-corrected chi connectivity index (χ2v) is 9.46. The molecule has 148 valence electrons. The Morgan fingerprint density at radius 3 is 2.66 bits per heavy atom. The van der Waals surface area contributed by atoms with Crippen LogP contribution in [0.15, 0.2) is 71.3 Å². The van der Waals surface area contributed by atoms with Gasteiger partial charge in [-0.05, 0) is 35.6 Å². The number of thiophene rings is 1. The predicted octanol–water partition coefficient (Wildman–Crippen LogP) is 3.62. The summed E-state index contributed by atoms with van der Waals surface area (Å²) in [5, 5.41) is 4.69. The van der Waals surface area contributed by atoms with Gasteiger partial charge in [-0.15, -0.1) is 11.3 Å². The largest absolute Gasteiger partial charge is 0.386 e. The normalized spacial score (nSPS) is 16.7. The molecule has 0 fully saturated rings. The number of Topliss-reactive ketones (excluding diaryl/α,β-unsaturated/α-hetero) is 1. The van der Waals surface area contributed by atoms with Crippen LogP contribution in [-0.4, -0.2) is 19.2 Å². The maximum Gasteiger partial charge on any atom is 0.270 e. The summed E-state index contributed by atoms with van der Waals surface area (Å²) in [4.78, 5) is 17.1. The minimum Gasteiger partial charge on any atom is -0.386 e. The van der Waals surface area contributed by atoms with Crippen molar-refractivity contribution in [1.29, 1.82) is 0 Å². The van der Waals surface area contributed by atoms with Gasteiger partial charge in [-0.1, -0.05) is 35.9 Å². The molecule has 0 spiro atoms. The van der Waals surface area contributed by atoms with Crippen molar-refractivity contribution in [3.63, 3.8) is 0 Å². The summed E-state index contributed by atoms with van der Waals surface area (Å²) in [6.45, 7) is 2.51. The van der Waals surface area contributed by atoms with Gasteiger partial charge in [0.2, 0.25) is 5.78 Å². The molecule has 2 aromatic heterocycles. The first-order valence-corrected chi connectivity index (χ1v) is 11.3. The topological polar surface area (TPSA) is 79.4 Å². The molecule has 3 heterocycles. The first-order chi connectivity index (χ1) is 14.0. The number of rotatable bonds is 5. The van der Waals surface area contributed by atoms with Crippen LogP contribution in [0.2, 0.25) is 0 Å². The average molecular weight is 426 g/mol. The summed E-state index contributed by atoms with van der Waals surface area (Å²) in [6, 6.07) is 13.0. The number of nitrogens with one attached hydrogen (secondary N) is 1. The smallest absolute Gasteiger partial charge is 0.270 e. The third-order valence-electron chi connectivity index (χ3n) is 4.62. The maximum absolute atomic E-state index is 13.3. The predicted molar refractivity (Wildman–Crippen MR) is 114 cm³/mol. The molecular formula is C21H19N3O3S2. The van der Waals surface area contributed by atoms with E-state index in [0.717, 1.165) is 16.7 Å². The van der Waals surface area contributed by atoms with Gasteiger partial charge in [0.1, 0.15) is 4.88 Å². The van der Waals surface area contributed by atoms with Crippen LogP contribution in [-0.2, 0) is 23.1 Å². The van der Waals surface area contributed by atoms with E-state index in [1.807, 2.05) is 37.3 Å². The molecule has 3 aromatic rings. The van der Waals surface area contributed by atoms with Gasteiger partial charge in [-0.2, -0.15) is 0 Å². The van der Waals surface area contributed by atoms with E-state index in [2.05, 4.69) is 10.3 Å². The molecule has 8 heteroatoms. The van der Waals surface area contributed by atoms with Crippen molar-refractivity contribution in [3.8, 4) is 0 Å². The van der Waals surface area contributed by atoms with Crippen molar-refractivity contribution in [2.75, 3.05) is 4.31 Å². The molecule has 0 amide bonds. The molecule has 1 aromatic carbocycles. The molecule has 0 radical (unpaired) electrons. The monoisotopic (exact) mass is 425 g/mol. The highest BCUT2D eigenvalue weighted by atomic mass is 32.2. The molecule has 1 aliphatic heterocycles. The van der Waals surface area contributed by atoms with E-state index in [-0.39, 0.29) is 11.4 Å². The van der Waals surface area contributed by atoms with Crippen LogP contribution in [0.4, 0.5) is 5.69 Å². The Morgan fingerprint density at radius 2 is 1.93 bits per heavy atom. The van der Waals surface area contributed by atoms with Crippen molar-refractivity contribution in [1.82, 2.24) is 10.3 Å². The summed E-state index contributed by atoms with van der Waals surface area (Å²) < 4.78 is 27.9. The molecule has 4 rings (SSSR count). The Kier molecular flexibility index (Phi) is 5.21. The van der Waals surface area contributed by atoms with E-state index < -0.39 is 15.8 Å². The second kappa shape index (κ2) is 7.81. The number of nitrogens with zero attached hydrogens (tertiary/aromatic N) is 2. The molecule has 0 atom stereocenters. The van der Waals surface area contributed by atoms with Gasteiger partial charge in [-0.3, -0.25) is 14.1 Å². The molecule has 6 nitrogen and oxygen atoms in total. The van der Waals surface area contributed by atoms with E-state index in [4.69, 9.17) is 0 Å². The van der Waals surface area contributed by atoms with E-state index in [0.29, 0.717) is 17.1 Å². The third-order valence-corrected chi connectivity index (χ3v) is 7.29. The van der Waals surface area contributed by atoms with Gasteiger partial charge < -0.3 is 5.32 Å². The maximum atomic E-state index is 13.3. The molecule has 1 aliphatic rings. The lowest BCUT2D eigenvalue weighted by atomic mass is 10.1.